The number of hydrogen-bond acceptors (Lipinski definition) is 4. The number of nitrogens with zero attached hydrogens (tertiary/aromatic N) is 2. The molecule has 118 valence electrons. The maximum absolute atomic E-state index is 12.3. The molecule has 4 rings (SSSR count). The lowest BCUT2D eigenvalue weighted by molar-refractivity contribution is 0.0847. The number of nitrogens with one attached hydrogen (secondary N) is 4. The molecule has 0 radical (unpaired) electrons. The van der Waals surface area contributed by atoms with E-state index in [1.807, 2.05) is 24.3 Å². The number of rotatable bonds is 2. The lowest BCUT2D eigenvalue weighted by atomic mass is 10.1. The van der Waals surface area contributed by atoms with E-state index in [9.17, 15) is 9.59 Å². The zero-order chi connectivity index (χ0) is 16.5. The normalized spacial score (nSPS) is 10.8. The van der Waals surface area contributed by atoms with Gasteiger partial charge in [0.05, 0.1) is 5.56 Å². The molecular formula is C16H12N6O2. The Morgan fingerprint density at radius 3 is 2.62 bits per heavy atom. The molecule has 0 aliphatic carbocycles. The zero-order valence-corrected chi connectivity index (χ0v) is 12.3. The van der Waals surface area contributed by atoms with Gasteiger partial charge in [-0.15, -0.1) is 0 Å². The van der Waals surface area contributed by atoms with Gasteiger partial charge in [0.1, 0.15) is 11.0 Å². The number of amides is 2. The molecule has 0 unspecified atom stereocenters. The van der Waals surface area contributed by atoms with E-state index in [-0.39, 0.29) is 0 Å². The van der Waals surface area contributed by atoms with Gasteiger partial charge in [0, 0.05) is 22.7 Å². The average Bonchev–Trinajstić information content (AvgIpc) is 3.25. The third-order valence-corrected chi connectivity index (χ3v) is 3.70. The van der Waals surface area contributed by atoms with Crippen molar-refractivity contribution >= 4 is 33.8 Å². The second-order valence-corrected chi connectivity index (χ2v) is 5.18. The fourth-order valence-corrected chi connectivity index (χ4v) is 2.49. The van der Waals surface area contributed by atoms with E-state index in [1.165, 1.54) is 0 Å². The minimum absolute atomic E-state index is 0.371. The summed E-state index contributed by atoms with van der Waals surface area (Å²) in [5.74, 6) is -0.837. The van der Waals surface area contributed by atoms with Crippen LogP contribution in [0.3, 0.4) is 0 Å². The van der Waals surface area contributed by atoms with E-state index in [2.05, 4.69) is 31.2 Å². The van der Waals surface area contributed by atoms with Crippen LogP contribution >= 0.6 is 0 Å². The number of carbonyl (C=O) groups is 2. The first-order valence-electron chi connectivity index (χ1n) is 7.20. The van der Waals surface area contributed by atoms with E-state index in [4.69, 9.17) is 0 Å². The number of hydrogen-bond donors (Lipinski definition) is 4. The summed E-state index contributed by atoms with van der Waals surface area (Å²) >= 11 is 0. The van der Waals surface area contributed by atoms with Gasteiger partial charge in [-0.1, -0.05) is 18.2 Å². The lowest BCUT2D eigenvalue weighted by Gasteiger charge is -2.06. The van der Waals surface area contributed by atoms with E-state index >= 15 is 0 Å². The summed E-state index contributed by atoms with van der Waals surface area (Å²) in [6.07, 6.45) is 1.60. The van der Waals surface area contributed by atoms with Gasteiger partial charge in [-0.05, 0) is 24.3 Å². The van der Waals surface area contributed by atoms with E-state index < -0.39 is 11.8 Å². The number of aromatic nitrogens is 4. The molecule has 0 saturated heterocycles. The maximum Gasteiger partial charge on any atom is 0.271 e. The molecule has 0 fully saturated rings. The number of carbonyl (C=O) groups excluding carboxylic acids is 2. The molecule has 0 bridgehead atoms. The Hall–Kier alpha value is -3.68. The molecule has 0 saturated carbocycles. The zero-order valence-electron chi connectivity index (χ0n) is 12.3. The van der Waals surface area contributed by atoms with Crippen molar-refractivity contribution in [1.82, 2.24) is 31.2 Å². The molecule has 2 aromatic carbocycles. The summed E-state index contributed by atoms with van der Waals surface area (Å²) in [5, 5.41) is 11.1. The highest BCUT2D eigenvalue weighted by atomic mass is 16.2. The van der Waals surface area contributed by atoms with E-state index in [1.54, 1.807) is 24.4 Å². The second kappa shape index (κ2) is 5.51. The van der Waals surface area contributed by atoms with Gasteiger partial charge in [0.15, 0.2) is 0 Å². The van der Waals surface area contributed by atoms with Crippen LogP contribution in [0, 0.1) is 0 Å². The Kier molecular flexibility index (Phi) is 3.20. The number of benzene rings is 2. The molecule has 0 aliphatic rings. The van der Waals surface area contributed by atoms with Crippen molar-refractivity contribution in [2.75, 3.05) is 0 Å². The molecule has 4 N–H and O–H groups in total. The summed E-state index contributed by atoms with van der Waals surface area (Å²) in [6.45, 7) is 0. The van der Waals surface area contributed by atoms with Crippen LogP contribution in [-0.4, -0.2) is 32.2 Å². The molecule has 8 heteroatoms. The van der Waals surface area contributed by atoms with Crippen LogP contribution in [0.15, 0.2) is 48.7 Å². The Morgan fingerprint density at radius 2 is 1.71 bits per heavy atom. The summed E-state index contributed by atoms with van der Waals surface area (Å²) in [6, 6.07) is 12.3. The number of para-hydroxylation sites is 1. The Labute approximate surface area is 135 Å². The van der Waals surface area contributed by atoms with E-state index in [0.29, 0.717) is 22.2 Å². The van der Waals surface area contributed by atoms with Crippen molar-refractivity contribution in [3.05, 3.63) is 59.8 Å². The highest BCUT2D eigenvalue weighted by Gasteiger charge is 2.13. The molecule has 2 amide bonds. The minimum atomic E-state index is -0.437. The fourth-order valence-electron chi connectivity index (χ4n) is 2.49. The predicted molar refractivity (Wildman–Crippen MR) is 87.1 cm³/mol. The topological polar surface area (TPSA) is 116 Å². The minimum Gasteiger partial charge on any atom is -0.360 e. The van der Waals surface area contributed by atoms with Gasteiger partial charge in [0.2, 0.25) is 0 Å². The third kappa shape index (κ3) is 2.35. The van der Waals surface area contributed by atoms with Crippen LogP contribution in [0.4, 0.5) is 0 Å². The first kappa shape index (κ1) is 13.9. The third-order valence-electron chi connectivity index (χ3n) is 3.70. The first-order chi connectivity index (χ1) is 11.7. The molecule has 0 spiro atoms. The average molecular weight is 320 g/mol. The standard InChI is InChI=1S/C16H12N6O2/c23-15(9-5-6-13-14(7-9)19-22-18-13)20-21-16(24)11-8-17-12-4-2-1-3-10(11)12/h1-8,17H,(H,20,23)(H,21,24)(H,18,19,22). The first-order valence-corrected chi connectivity index (χ1v) is 7.20. The van der Waals surface area contributed by atoms with Gasteiger partial charge in [-0.2, -0.15) is 15.4 Å². The molecule has 24 heavy (non-hydrogen) atoms. The van der Waals surface area contributed by atoms with Crippen molar-refractivity contribution in [3.8, 4) is 0 Å². The fraction of sp³-hybridized carbons (Fsp3) is 0. The summed E-state index contributed by atoms with van der Waals surface area (Å²) in [7, 11) is 0. The summed E-state index contributed by atoms with van der Waals surface area (Å²) < 4.78 is 0. The van der Waals surface area contributed by atoms with Crippen molar-refractivity contribution in [3.63, 3.8) is 0 Å². The maximum atomic E-state index is 12.3. The summed E-state index contributed by atoms with van der Waals surface area (Å²) in [5.41, 5.74) is 7.73. The van der Waals surface area contributed by atoms with Crippen LogP contribution in [0.25, 0.3) is 21.9 Å². The number of H-pyrrole nitrogens is 2. The molecule has 2 heterocycles. The highest BCUT2D eigenvalue weighted by molar-refractivity contribution is 6.07. The van der Waals surface area contributed by atoms with E-state index in [0.717, 1.165) is 10.9 Å². The molecule has 8 nitrogen and oxygen atoms in total. The Bertz CT molecular complexity index is 1060. The molecule has 0 atom stereocenters. The molecular weight excluding hydrogens is 308 g/mol. The Balaban J connectivity index is 1.49. The lowest BCUT2D eigenvalue weighted by Crippen LogP contribution is -2.41. The van der Waals surface area contributed by atoms with Gasteiger partial charge < -0.3 is 4.98 Å². The van der Waals surface area contributed by atoms with Gasteiger partial charge >= 0.3 is 0 Å². The van der Waals surface area contributed by atoms with Crippen LogP contribution in [0.5, 0.6) is 0 Å². The van der Waals surface area contributed by atoms with Crippen LogP contribution in [0.2, 0.25) is 0 Å². The number of aromatic amines is 2. The van der Waals surface area contributed by atoms with Crippen molar-refractivity contribution in [1.29, 1.82) is 0 Å². The van der Waals surface area contributed by atoms with Gasteiger partial charge in [-0.3, -0.25) is 20.4 Å². The molecule has 0 aliphatic heterocycles. The van der Waals surface area contributed by atoms with Crippen molar-refractivity contribution in [2.24, 2.45) is 0 Å². The SMILES string of the molecule is O=C(NNC(=O)c1c[nH]c2ccccc12)c1ccc2n[nH]nc2c1. The summed E-state index contributed by atoms with van der Waals surface area (Å²) in [4.78, 5) is 27.4. The predicted octanol–water partition coefficient (Wildman–Crippen LogP) is 1.51. The second-order valence-electron chi connectivity index (χ2n) is 5.18. The van der Waals surface area contributed by atoms with Crippen molar-refractivity contribution in [2.45, 2.75) is 0 Å². The Morgan fingerprint density at radius 1 is 0.917 bits per heavy atom. The largest absolute Gasteiger partial charge is 0.360 e. The smallest absolute Gasteiger partial charge is 0.271 e. The van der Waals surface area contributed by atoms with Crippen LogP contribution in [-0.2, 0) is 0 Å². The number of hydrazine groups is 1. The van der Waals surface area contributed by atoms with Gasteiger partial charge in [-0.25, -0.2) is 0 Å². The quantitative estimate of drug-likeness (QED) is 0.419. The molecule has 4 aromatic rings. The van der Waals surface area contributed by atoms with Gasteiger partial charge in [0.25, 0.3) is 11.8 Å². The van der Waals surface area contributed by atoms with Crippen LogP contribution in [0.1, 0.15) is 20.7 Å². The highest BCUT2D eigenvalue weighted by Crippen LogP contribution is 2.17. The van der Waals surface area contributed by atoms with Crippen LogP contribution < -0.4 is 10.9 Å². The molecule has 2 aromatic heterocycles. The number of fused-ring (bicyclic) bond motifs is 2. The monoisotopic (exact) mass is 320 g/mol. The van der Waals surface area contributed by atoms with Crippen molar-refractivity contribution < 1.29 is 9.59 Å².